The maximum atomic E-state index is 3.26. The summed E-state index contributed by atoms with van der Waals surface area (Å²) in [6.45, 7) is 2.00. The highest BCUT2D eigenvalue weighted by Gasteiger charge is 1.96. The molecule has 0 saturated carbocycles. The van der Waals surface area contributed by atoms with Crippen molar-refractivity contribution >= 4 is 5.69 Å². The van der Waals surface area contributed by atoms with Gasteiger partial charge in [-0.05, 0) is 36.3 Å². The molecule has 0 fully saturated rings. The maximum Gasteiger partial charge on any atom is 0.0385 e. The minimum atomic E-state index is 1.09. The van der Waals surface area contributed by atoms with Crippen molar-refractivity contribution in [3.8, 4) is 11.1 Å². The molecule has 1 N–H and O–H groups in total. The van der Waals surface area contributed by atoms with E-state index in [9.17, 15) is 0 Å². The number of benzene rings is 2. The summed E-state index contributed by atoms with van der Waals surface area (Å²) >= 11 is 0. The molecular formula is C17H17N. The first-order chi connectivity index (χ1) is 8.90. The summed E-state index contributed by atoms with van der Waals surface area (Å²) in [5, 5.41) is 3.26. The number of nitrogens with one attached hydrogen (secondary N) is 1. The van der Waals surface area contributed by atoms with Gasteiger partial charge in [-0.3, -0.25) is 0 Å². The van der Waals surface area contributed by atoms with Gasteiger partial charge in [0.25, 0.3) is 0 Å². The molecule has 1 heteroatoms. The van der Waals surface area contributed by atoms with E-state index in [1.807, 2.05) is 37.4 Å². The third-order valence-electron chi connectivity index (χ3n) is 2.62. The molecule has 90 valence electrons. The molecule has 0 bridgehead atoms. The monoisotopic (exact) mass is 235 g/mol. The Morgan fingerprint density at radius 1 is 0.833 bits per heavy atom. The van der Waals surface area contributed by atoms with E-state index in [2.05, 4.69) is 53.8 Å². The first-order valence-electron chi connectivity index (χ1n) is 6.10. The van der Waals surface area contributed by atoms with Crippen LogP contribution in [-0.2, 0) is 0 Å². The molecule has 0 amide bonds. The molecule has 18 heavy (non-hydrogen) atoms. The molecule has 0 atom stereocenters. The number of hydrogen-bond acceptors (Lipinski definition) is 1. The standard InChI is InChI=1S/C17H17N/c1-2-3-7-13-18-17-12-8-11-16(14-17)15-9-5-4-6-10-15/h2-14,18H,1H3/b3-2-,13-7-. The van der Waals surface area contributed by atoms with E-state index in [1.54, 1.807) is 0 Å². The fourth-order valence-electron chi connectivity index (χ4n) is 1.73. The van der Waals surface area contributed by atoms with Gasteiger partial charge in [0.1, 0.15) is 0 Å². The van der Waals surface area contributed by atoms with Crippen molar-refractivity contribution in [1.82, 2.24) is 0 Å². The highest BCUT2D eigenvalue weighted by molar-refractivity contribution is 5.68. The molecule has 0 aliphatic rings. The van der Waals surface area contributed by atoms with Crippen LogP contribution in [0.5, 0.6) is 0 Å². The molecule has 0 spiro atoms. The van der Waals surface area contributed by atoms with Gasteiger partial charge < -0.3 is 5.32 Å². The van der Waals surface area contributed by atoms with Gasteiger partial charge in [-0.25, -0.2) is 0 Å². The van der Waals surface area contributed by atoms with Crippen molar-refractivity contribution in [3.63, 3.8) is 0 Å². The first kappa shape index (κ1) is 12.2. The SMILES string of the molecule is C/C=C\C=C/Nc1cccc(-c2ccccc2)c1. The predicted molar refractivity (Wildman–Crippen MR) is 79.5 cm³/mol. The lowest BCUT2D eigenvalue weighted by Gasteiger charge is -2.05. The second kappa shape index (κ2) is 6.45. The Bertz CT molecular complexity index is 539. The average molecular weight is 235 g/mol. The van der Waals surface area contributed by atoms with E-state index < -0.39 is 0 Å². The zero-order valence-corrected chi connectivity index (χ0v) is 10.5. The summed E-state index contributed by atoms with van der Waals surface area (Å²) in [5.74, 6) is 0. The topological polar surface area (TPSA) is 12.0 Å². The van der Waals surface area contributed by atoms with Gasteiger partial charge in [0.2, 0.25) is 0 Å². The molecule has 0 unspecified atom stereocenters. The average Bonchev–Trinajstić information content (AvgIpc) is 2.45. The molecule has 0 heterocycles. The van der Waals surface area contributed by atoms with Crippen molar-refractivity contribution in [2.45, 2.75) is 6.92 Å². The summed E-state index contributed by atoms with van der Waals surface area (Å²) in [6, 6.07) is 18.8. The van der Waals surface area contributed by atoms with Gasteiger partial charge in [-0.15, -0.1) is 0 Å². The van der Waals surface area contributed by atoms with Crippen molar-refractivity contribution in [1.29, 1.82) is 0 Å². The molecule has 2 rings (SSSR count). The summed E-state index contributed by atoms with van der Waals surface area (Å²) in [4.78, 5) is 0. The fraction of sp³-hybridized carbons (Fsp3) is 0.0588. The van der Waals surface area contributed by atoms with Gasteiger partial charge in [0.15, 0.2) is 0 Å². The van der Waals surface area contributed by atoms with Gasteiger partial charge in [-0.2, -0.15) is 0 Å². The number of rotatable bonds is 4. The van der Waals surface area contributed by atoms with Crippen molar-refractivity contribution < 1.29 is 0 Å². The number of anilines is 1. The van der Waals surface area contributed by atoms with E-state index >= 15 is 0 Å². The molecule has 2 aromatic rings. The lowest BCUT2D eigenvalue weighted by Crippen LogP contribution is -1.87. The van der Waals surface area contributed by atoms with Crippen LogP contribution >= 0.6 is 0 Å². The van der Waals surface area contributed by atoms with Crippen LogP contribution in [0.25, 0.3) is 11.1 Å². The number of hydrogen-bond donors (Lipinski definition) is 1. The second-order valence-electron chi connectivity index (χ2n) is 3.98. The summed E-state index contributed by atoms with van der Waals surface area (Å²) < 4.78 is 0. The third kappa shape index (κ3) is 3.36. The molecule has 0 radical (unpaired) electrons. The smallest absolute Gasteiger partial charge is 0.0385 e. The van der Waals surface area contributed by atoms with Crippen LogP contribution in [0.4, 0.5) is 5.69 Å². The van der Waals surface area contributed by atoms with Crippen LogP contribution in [0.15, 0.2) is 79.0 Å². The van der Waals surface area contributed by atoms with E-state index in [0.29, 0.717) is 0 Å². The molecule has 0 aromatic heterocycles. The summed E-state index contributed by atoms with van der Waals surface area (Å²) in [6.07, 6.45) is 7.91. The quantitative estimate of drug-likeness (QED) is 0.746. The third-order valence-corrected chi connectivity index (χ3v) is 2.62. The maximum absolute atomic E-state index is 3.26. The van der Waals surface area contributed by atoms with Crippen molar-refractivity contribution in [2.24, 2.45) is 0 Å². The van der Waals surface area contributed by atoms with E-state index in [-0.39, 0.29) is 0 Å². The van der Waals surface area contributed by atoms with Crippen LogP contribution < -0.4 is 5.32 Å². The second-order valence-corrected chi connectivity index (χ2v) is 3.98. The van der Waals surface area contributed by atoms with Gasteiger partial charge in [0, 0.05) is 11.9 Å². The van der Waals surface area contributed by atoms with E-state index in [1.165, 1.54) is 11.1 Å². The predicted octanol–water partition coefficient (Wildman–Crippen LogP) is 4.86. The Hall–Kier alpha value is -2.28. The van der Waals surface area contributed by atoms with Crippen molar-refractivity contribution in [2.75, 3.05) is 5.32 Å². The minimum absolute atomic E-state index is 1.09. The van der Waals surface area contributed by atoms with Crippen LogP contribution in [-0.4, -0.2) is 0 Å². The van der Waals surface area contributed by atoms with Crippen molar-refractivity contribution in [3.05, 3.63) is 79.0 Å². The van der Waals surface area contributed by atoms with Gasteiger partial charge in [-0.1, -0.05) is 54.6 Å². The molecule has 0 saturated heterocycles. The van der Waals surface area contributed by atoms with Gasteiger partial charge >= 0.3 is 0 Å². The molecule has 0 aliphatic carbocycles. The Morgan fingerprint density at radius 3 is 2.39 bits per heavy atom. The molecule has 0 aliphatic heterocycles. The molecular weight excluding hydrogens is 218 g/mol. The highest BCUT2D eigenvalue weighted by Crippen LogP contribution is 2.22. The Kier molecular flexibility index (Phi) is 4.37. The van der Waals surface area contributed by atoms with E-state index in [4.69, 9.17) is 0 Å². The van der Waals surface area contributed by atoms with Crippen LogP contribution in [0, 0.1) is 0 Å². The van der Waals surface area contributed by atoms with Crippen LogP contribution in [0.3, 0.4) is 0 Å². The summed E-state index contributed by atoms with van der Waals surface area (Å²) in [5.41, 5.74) is 3.55. The fourth-order valence-corrected chi connectivity index (χ4v) is 1.73. The van der Waals surface area contributed by atoms with E-state index in [0.717, 1.165) is 5.69 Å². The Balaban J connectivity index is 2.15. The minimum Gasteiger partial charge on any atom is -0.362 e. The highest BCUT2D eigenvalue weighted by atomic mass is 14.8. The molecule has 1 nitrogen and oxygen atoms in total. The zero-order valence-electron chi connectivity index (χ0n) is 10.5. The van der Waals surface area contributed by atoms with Gasteiger partial charge in [0.05, 0.1) is 0 Å². The largest absolute Gasteiger partial charge is 0.362 e. The lowest BCUT2D eigenvalue weighted by atomic mass is 10.1. The van der Waals surface area contributed by atoms with Crippen LogP contribution in [0.2, 0.25) is 0 Å². The Labute approximate surface area is 108 Å². The zero-order chi connectivity index (χ0) is 12.6. The number of allylic oxidation sites excluding steroid dienone is 3. The lowest BCUT2D eigenvalue weighted by molar-refractivity contribution is 1.56. The first-order valence-corrected chi connectivity index (χ1v) is 6.10. The molecule has 2 aromatic carbocycles. The normalized spacial score (nSPS) is 11.2. The Morgan fingerprint density at radius 2 is 1.61 bits per heavy atom. The van der Waals surface area contributed by atoms with Crippen LogP contribution in [0.1, 0.15) is 6.92 Å². The summed E-state index contributed by atoms with van der Waals surface area (Å²) in [7, 11) is 0.